The highest BCUT2D eigenvalue weighted by atomic mass is 32.1. The summed E-state index contributed by atoms with van der Waals surface area (Å²) in [6.07, 6.45) is 5.55. The van der Waals surface area contributed by atoms with E-state index in [1.807, 2.05) is 53.3 Å². The molecule has 32 heavy (non-hydrogen) atoms. The maximum Gasteiger partial charge on any atom is 0.271 e. The van der Waals surface area contributed by atoms with Gasteiger partial charge < -0.3 is 19.5 Å². The van der Waals surface area contributed by atoms with Crippen LogP contribution in [0.1, 0.15) is 55.1 Å². The van der Waals surface area contributed by atoms with Gasteiger partial charge in [-0.3, -0.25) is 9.59 Å². The topological polar surface area (TPSA) is 63.6 Å². The maximum atomic E-state index is 13.7. The highest BCUT2D eigenvalue weighted by Gasteiger charge is 2.48. The standard InChI is InChI=1S/C25H29N3O3S/c1-25(24(30)26-19-6-4-3-5-7-19)16-27-21(14-18-12-13-32-23(18)27)22(29)28(25)15-17-8-10-20(31-2)11-9-17/h8-14,19H,3-7,15-16H2,1-2H3,(H,26,30). The van der Waals surface area contributed by atoms with E-state index in [-0.39, 0.29) is 17.9 Å². The van der Waals surface area contributed by atoms with Crippen molar-refractivity contribution in [2.75, 3.05) is 7.11 Å². The number of hydrogen-bond acceptors (Lipinski definition) is 4. The van der Waals surface area contributed by atoms with E-state index < -0.39 is 5.54 Å². The first-order chi connectivity index (χ1) is 15.5. The quantitative estimate of drug-likeness (QED) is 0.618. The summed E-state index contributed by atoms with van der Waals surface area (Å²) < 4.78 is 7.30. The number of rotatable bonds is 5. The van der Waals surface area contributed by atoms with Crippen LogP contribution in [0, 0.1) is 0 Å². The summed E-state index contributed by atoms with van der Waals surface area (Å²) in [6, 6.07) is 11.9. The van der Waals surface area contributed by atoms with Gasteiger partial charge in [0.05, 0.1) is 13.7 Å². The molecule has 7 heteroatoms. The van der Waals surface area contributed by atoms with Gasteiger partial charge in [-0.25, -0.2) is 0 Å². The molecule has 6 nitrogen and oxygen atoms in total. The number of nitrogens with zero attached hydrogens (tertiary/aromatic N) is 2. The third-order valence-corrected chi connectivity index (χ3v) is 7.91. The van der Waals surface area contributed by atoms with Crippen molar-refractivity contribution >= 4 is 33.4 Å². The second-order valence-corrected chi connectivity index (χ2v) is 10.0. The molecule has 2 aliphatic rings. The van der Waals surface area contributed by atoms with Gasteiger partial charge in [0.15, 0.2) is 0 Å². The number of carbonyl (C=O) groups excluding carboxylic acids is 2. The number of thiophene rings is 1. The van der Waals surface area contributed by atoms with Crippen LogP contribution in [-0.4, -0.2) is 40.0 Å². The van der Waals surface area contributed by atoms with Crippen molar-refractivity contribution in [2.45, 2.75) is 63.7 Å². The van der Waals surface area contributed by atoms with Crippen LogP contribution < -0.4 is 10.1 Å². The average Bonchev–Trinajstić information content (AvgIpc) is 3.40. The summed E-state index contributed by atoms with van der Waals surface area (Å²) in [4.78, 5) is 30.2. The van der Waals surface area contributed by atoms with Gasteiger partial charge in [-0.15, -0.1) is 11.3 Å². The molecule has 0 saturated heterocycles. The Bertz CT molecular complexity index is 1140. The zero-order chi connectivity index (χ0) is 22.3. The van der Waals surface area contributed by atoms with Gasteiger partial charge in [0.2, 0.25) is 5.91 Å². The fourth-order valence-corrected chi connectivity index (χ4v) is 5.90. The highest BCUT2D eigenvalue weighted by molar-refractivity contribution is 7.16. The smallest absolute Gasteiger partial charge is 0.271 e. The molecule has 0 radical (unpaired) electrons. The Morgan fingerprint density at radius 2 is 1.94 bits per heavy atom. The van der Waals surface area contributed by atoms with Crippen molar-refractivity contribution in [2.24, 2.45) is 0 Å². The predicted octanol–water partition coefficient (Wildman–Crippen LogP) is 4.58. The number of aromatic nitrogens is 1. The Labute approximate surface area is 192 Å². The second-order valence-electron chi connectivity index (χ2n) is 9.12. The van der Waals surface area contributed by atoms with Gasteiger partial charge in [-0.05, 0) is 55.0 Å². The number of hydrogen-bond donors (Lipinski definition) is 1. The van der Waals surface area contributed by atoms with Crippen LogP contribution in [0.15, 0.2) is 41.8 Å². The number of methoxy groups -OCH3 is 1. The number of fused-ring (bicyclic) bond motifs is 3. The van der Waals surface area contributed by atoms with Gasteiger partial charge >= 0.3 is 0 Å². The molecule has 1 fully saturated rings. The number of nitrogens with one attached hydrogen (secondary N) is 1. The Balaban J connectivity index is 1.51. The summed E-state index contributed by atoms with van der Waals surface area (Å²) >= 11 is 1.61. The third-order valence-electron chi connectivity index (χ3n) is 6.96. The monoisotopic (exact) mass is 451 g/mol. The summed E-state index contributed by atoms with van der Waals surface area (Å²) in [6.45, 7) is 2.73. The Kier molecular flexibility index (Phi) is 5.45. The second kappa shape index (κ2) is 8.28. The Morgan fingerprint density at radius 3 is 2.66 bits per heavy atom. The minimum absolute atomic E-state index is 0.0599. The van der Waals surface area contributed by atoms with Gasteiger partial charge in [-0.2, -0.15) is 0 Å². The molecule has 0 spiro atoms. The van der Waals surface area contributed by atoms with Crippen LogP contribution in [0.3, 0.4) is 0 Å². The van der Waals surface area contributed by atoms with E-state index in [0.29, 0.717) is 18.8 Å². The summed E-state index contributed by atoms with van der Waals surface area (Å²) in [5.41, 5.74) is 0.651. The van der Waals surface area contributed by atoms with Crippen LogP contribution in [0.25, 0.3) is 10.2 Å². The summed E-state index contributed by atoms with van der Waals surface area (Å²) in [5.74, 6) is 0.609. The molecule has 168 valence electrons. The van der Waals surface area contributed by atoms with E-state index in [9.17, 15) is 9.59 Å². The lowest BCUT2D eigenvalue weighted by molar-refractivity contribution is -0.134. The van der Waals surface area contributed by atoms with Crippen molar-refractivity contribution in [1.82, 2.24) is 14.8 Å². The van der Waals surface area contributed by atoms with Crippen LogP contribution in [0.5, 0.6) is 5.75 Å². The molecule has 1 aromatic carbocycles. The van der Waals surface area contributed by atoms with Crippen molar-refractivity contribution in [3.05, 3.63) is 53.0 Å². The molecule has 1 N–H and O–H groups in total. The zero-order valence-corrected chi connectivity index (χ0v) is 19.4. The summed E-state index contributed by atoms with van der Waals surface area (Å²) in [7, 11) is 1.63. The fraction of sp³-hybridized carbons (Fsp3) is 0.440. The van der Waals surface area contributed by atoms with Crippen molar-refractivity contribution in [3.63, 3.8) is 0 Å². The lowest BCUT2D eigenvalue weighted by Crippen LogP contribution is -2.64. The van der Waals surface area contributed by atoms with Crippen LogP contribution in [0.2, 0.25) is 0 Å². The number of ether oxygens (including phenoxy) is 1. The molecule has 3 aromatic rings. The van der Waals surface area contributed by atoms with Crippen LogP contribution in [0.4, 0.5) is 0 Å². The van der Waals surface area contributed by atoms with E-state index in [1.165, 1.54) is 6.42 Å². The first kappa shape index (κ1) is 21.1. The Hall–Kier alpha value is -2.80. The molecular weight excluding hydrogens is 422 g/mol. The predicted molar refractivity (Wildman–Crippen MR) is 126 cm³/mol. The molecule has 2 aromatic heterocycles. The van der Waals surface area contributed by atoms with E-state index in [2.05, 4.69) is 5.32 Å². The van der Waals surface area contributed by atoms with Crippen molar-refractivity contribution < 1.29 is 14.3 Å². The average molecular weight is 452 g/mol. The van der Waals surface area contributed by atoms with E-state index in [0.717, 1.165) is 47.2 Å². The Morgan fingerprint density at radius 1 is 1.19 bits per heavy atom. The number of carbonyl (C=O) groups is 2. The van der Waals surface area contributed by atoms with Gasteiger partial charge in [-0.1, -0.05) is 31.4 Å². The number of benzene rings is 1. The van der Waals surface area contributed by atoms with Crippen LogP contribution >= 0.6 is 11.3 Å². The molecule has 1 saturated carbocycles. The minimum atomic E-state index is -0.975. The van der Waals surface area contributed by atoms with E-state index in [1.54, 1.807) is 23.3 Å². The molecule has 1 unspecified atom stereocenters. The first-order valence-corrected chi connectivity index (χ1v) is 12.2. The molecule has 2 amide bonds. The highest BCUT2D eigenvalue weighted by Crippen LogP contribution is 2.36. The molecule has 3 heterocycles. The SMILES string of the molecule is COc1ccc(CN2C(=O)c3cc4ccsc4n3CC2(C)C(=O)NC2CCCCC2)cc1. The van der Waals surface area contributed by atoms with Crippen molar-refractivity contribution in [1.29, 1.82) is 0 Å². The lowest BCUT2D eigenvalue weighted by Gasteiger charge is -2.44. The number of amides is 2. The largest absolute Gasteiger partial charge is 0.497 e. The maximum absolute atomic E-state index is 13.7. The van der Waals surface area contributed by atoms with E-state index in [4.69, 9.17) is 4.74 Å². The first-order valence-electron chi connectivity index (χ1n) is 11.3. The molecular formula is C25H29N3O3S. The zero-order valence-electron chi connectivity index (χ0n) is 18.6. The van der Waals surface area contributed by atoms with Gasteiger partial charge in [0.25, 0.3) is 5.91 Å². The minimum Gasteiger partial charge on any atom is -0.497 e. The molecule has 5 rings (SSSR count). The fourth-order valence-electron chi connectivity index (χ4n) is 5.01. The summed E-state index contributed by atoms with van der Waals surface area (Å²) in [5, 5.41) is 6.37. The van der Waals surface area contributed by atoms with Gasteiger partial charge in [0.1, 0.15) is 21.8 Å². The lowest BCUT2D eigenvalue weighted by atomic mass is 9.91. The molecule has 1 aliphatic heterocycles. The molecule has 1 aliphatic carbocycles. The van der Waals surface area contributed by atoms with Crippen molar-refractivity contribution in [3.8, 4) is 5.75 Å². The molecule has 1 atom stereocenters. The van der Waals surface area contributed by atoms with E-state index >= 15 is 0 Å². The normalized spacial score (nSPS) is 21.6. The van der Waals surface area contributed by atoms with Gasteiger partial charge in [0, 0.05) is 18.0 Å². The molecule has 0 bridgehead atoms. The van der Waals surface area contributed by atoms with Crippen LogP contribution in [-0.2, 0) is 17.9 Å². The third kappa shape index (κ3) is 3.58.